The fraction of sp³-hybridized carbons (Fsp3) is 0.286. The minimum atomic E-state index is -4.49. The van der Waals surface area contributed by atoms with Crippen LogP contribution in [0.3, 0.4) is 0 Å². The van der Waals surface area contributed by atoms with Gasteiger partial charge in [-0.2, -0.15) is 18.3 Å². The predicted octanol–water partition coefficient (Wildman–Crippen LogP) is 4.86. The van der Waals surface area contributed by atoms with Crippen LogP contribution >= 0.6 is 0 Å². The summed E-state index contributed by atoms with van der Waals surface area (Å²) in [5, 5.41) is 7.16. The lowest BCUT2D eigenvalue weighted by molar-refractivity contribution is -0.137. The van der Waals surface area contributed by atoms with Crippen molar-refractivity contribution in [2.24, 2.45) is 0 Å². The molecule has 1 saturated heterocycles. The second-order valence-electron chi connectivity index (χ2n) is 7.02. The molecule has 1 N–H and O–H groups in total. The van der Waals surface area contributed by atoms with Crippen molar-refractivity contribution in [3.63, 3.8) is 0 Å². The number of hydrogen-bond acceptors (Lipinski definition) is 3. The smallest absolute Gasteiger partial charge is 0.330 e. The number of piperidine rings is 1. The van der Waals surface area contributed by atoms with Crippen molar-refractivity contribution in [2.75, 3.05) is 6.54 Å². The summed E-state index contributed by atoms with van der Waals surface area (Å²) >= 11 is 0. The Bertz CT molecular complexity index is 1000. The molecule has 0 radical (unpaired) electrons. The molecule has 1 amide bonds. The average molecular weight is 400 g/mol. The van der Waals surface area contributed by atoms with E-state index in [2.05, 4.69) is 15.2 Å². The molecular weight excluding hydrogens is 381 g/mol. The molecule has 1 atom stereocenters. The molecule has 0 spiro atoms. The zero-order chi connectivity index (χ0) is 20.4. The maximum Gasteiger partial charge on any atom is 0.416 e. The van der Waals surface area contributed by atoms with Gasteiger partial charge in [-0.1, -0.05) is 6.07 Å². The largest absolute Gasteiger partial charge is 0.416 e. The highest BCUT2D eigenvalue weighted by atomic mass is 19.4. The molecule has 5 nitrogen and oxygen atoms in total. The third kappa shape index (κ3) is 3.87. The summed E-state index contributed by atoms with van der Waals surface area (Å²) in [6, 6.07) is 8.03. The van der Waals surface area contributed by atoms with E-state index in [0.717, 1.165) is 41.8 Å². The van der Waals surface area contributed by atoms with Gasteiger partial charge in [0.25, 0.3) is 5.91 Å². The fourth-order valence-corrected chi connectivity index (χ4v) is 3.78. The van der Waals surface area contributed by atoms with Crippen LogP contribution in [-0.4, -0.2) is 32.5 Å². The number of hydrogen-bond donors (Lipinski definition) is 1. The highest BCUT2D eigenvalue weighted by Gasteiger charge is 2.34. The number of pyridine rings is 1. The number of alkyl halides is 3. The van der Waals surface area contributed by atoms with Crippen LogP contribution in [0, 0.1) is 0 Å². The number of aromatic nitrogens is 3. The first-order valence-corrected chi connectivity index (χ1v) is 9.37. The van der Waals surface area contributed by atoms with E-state index in [1.54, 1.807) is 23.5 Å². The molecule has 29 heavy (non-hydrogen) atoms. The van der Waals surface area contributed by atoms with Crippen LogP contribution in [-0.2, 0) is 6.18 Å². The first kappa shape index (κ1) is 19.2. The van der Waals surface area contributed by atoms with E-state index >= 15 is 0 Å². The van der Waals surface area contributed by atoms with Crippen LogP contribution in [0.15, 0.2) is 55.0 Å². The lowest BCUT2D eigenvalue weighted by Gasteiger charge is -2.36. The number of carbonyl (C=O) groups is 1. The normalized spacial score (nSPS) is 17.3. The maximum absolute atomic E-state index is 13.1. The van der Waals surface area contributed by atoms with Crippen molar-refractivity contribution in [2.45, 2.75) is 31.5 Å². The Morgan fingerprint density at radius 3 is 2.69 bits per heavy atom. The molecule has 150 valence electrons. The number of nitrogens with zero attached hydrogens (tertiary/aromatic N) is 3. The van der Waals surface area contributed by atoms with E-state index in [1.165, 1.54) is 12.1 Å². The van der Waals surface area contributed by atoms with Crippen LogP contribution < -0.4 is 0 Å². The second-order valence-corrected chi connectivity index (χ2v) is 7.02. The summed E-state index contributed by atoms with van der Waals surface area (Å²) in [5.41, 5.74) is 1.78. The van der Waals surface area contributed by atoms with E-state index in [1.807, 2.05) is 12.1 Å². The lowest BCUT2D eigenvalue weighted by Crippen LogP contribution is -2.39. The number of H-pyrrole nitrogens is 1. The third-order valence-corrected chi connectivity index (χ3v) is 5.19. The molecular formula is C21H19F3N4O. The Hall–Kier alpha value is -3.16. The van der Waals surface area contributed by atoms with Gasteiger partial charge in [0.15, 0.2) is 0 Å². The van der Waals surface area contributed by atoms with Crippen LogP contribution in [0.25, 0.3) is 11.1 Å². The molecule has 1 aromatic carbocycles. The molecule has 3 aromatic rings. The van der Waals surface area contributed by atoms with Crippen molar-refractivity contribution in [3.8, 4) is 11.1 Å². The molecule has 0 unspecified atom stereocenters. The molecule has 3 heterocycles. The van der Waals surface area contributed by atoms with Crippen LogP contribution in [0.1, 0.15) is 46.9 Å². The summed E-state index contributed by atoms with van der Waals surface area (Å²) in [7, 11) is 0. The molecule has 1 fully saturated rings. The van der Waals surface area contributed by atoms with Gasteiger partial charge in [-0.15, -0.1) is 0 Å². The van der Waals surface area contributed by atoms with E-state index in [9.17, 15) is 18.0 Å². The highest BCUT2D eigenvalue weighted by Crippen LogP contribution is 2.37. The van der Waals surface area contributed by atoms with Gasteiger partial charge < -0.3 is 4.90 Å². The first-order chi connectivity index (χ1) is 13.9. The number of amides is 1. The second kappa shape index (κ2) is 7.69. The SMILES string of the molecule is O=C(c1cccc(C(F)(F)F)c1)N1CCCC[C@H]1c1[nH]ncc1-c1ccncc1. The summed E-state index contributed by atoms with van der Waals surface area (Å²) < 4.78 is 39.2. The summed E-state index contributed by atoms with van der Waals surface area (Å²) in [5.74, 6) is -0.406. The Morgan fingerprint density at radius 1 is 1.14 bits per heavy atom. The minimum Gasteiger partial charge on any atom is -0.330 e. The molecule has 4 rings (SSSR count). The quantitative estimate of drug-likeness (QED) is 0.683. The number of aromatic amines is 1. The topological polar surface area (TPSA) is 61.9 Å². The van der Waals surface area contributed by atoms with Gasteiger partial charge in [0.05, 0.1) is 23.5 Å². The number of rotatable bonds is 3. The number of likely N-dealkylation sites (tertiary alicyclic amines) is 1. The number of carbonyl (C=O) groups excluding carboxylic acids is 1. The van der Waals surface area contributed by atoms with Gasteiger partial charge in [-0.25, -0.2) is 0 Å². The van der Waals surface area contributed by atoms with E-state index in [0.29, 0.717) is 13.0 Å². The highest BCUT2D eigenvalue weighted by molar-refractivity contribution is 5.95. The van der Waals surface area contributed by atoms with Gasteiger partial charge >= 0.3 is 6.18 Å². The zero-order valence-corrected chi connectivity index (χ0v) is 15.5. The van der Waals surface area contributed by atoms with Gasteiger partial charge in [0.1, 0.15) is 0 Å². The molecule has 1 aliphatic heterocycles. The predicted molar refractivity (Wildman–Crippen MR) is 101 cm³/mol. The van der Waals surface area contributed by atoms with Crippen LogP contribution in [0.4, 0.5) is 13.2 Å². The van der Waals surface area contributed by atoms with Crippen molar-refractivity contribution in [3.05, 3.63) is 71.8 Å². The zero-order valence-electron chi connectivity index (χ0n) is 15.5. The summed E-state index contributed by atoms with van der Waals surface area (Å²) in [6.07, 6.45) is 3.01. The standard InChI is InChI=1S/C21H19F3N4O/c22-21(23,24)16-5-3-4-15(12-16)20(29)28-11-2-1-6-18(28)19-17(13-26-27-19)14-7-9-25-10-8-14/h3-5,7-10,12-13,18H,1-2,6,11H2,(H,26,27)/t18-/m0/s1. The molecule has 2 aromatic heterocycles. The van der Waals surface area contributed by atoms with E-state index < -0.39 is 17.6 Å². The summed E-state index contributed by atoms with van der Waals surface area (Å²) in [4.78, 5) is 18.8. The van der Waals surface area contributed by atoms with Crippen molar-refractivity contribution in [1.29, 1.82) is 0 Å². The van der Waals surface area contributed by atoms with Crippen molar-refractivity contribution in [1.82, 2.24) is 20.1 Å². The Morgan fingerprint density at radius 2 is 1.93 bits per heavy atom. The van der Waals surface area contributed by atoms with Gasteiger partial charge in [0.2, 0.25) is 0 Å². The van der Waals surface area contributed by atoms with Crippen LogP contribution in [0.2, 0.25) is 0 Å². The number of benzene rings is 1. The fourth-order valence-electron chi connectivity index (χ4n) is 3.78. The average Bonchev–Trinajstić information content (AvgIpc) is 3.23. The van der Waals surface area contributed by atoms with Crippen molar-refractivity contribution < 1.29 is 18.0 Å². The third-order valence-electron chi connectivity index (χ3n) is 5.19. The molecule has 1 aliphatic rings. The Balaban J connectivity index is 1.68. The maximum atomic E-state index is 13.1. The van der Waals surface area contributed by atoms with Crippen LogP contribution in [0.5, 0.6) is 0 Å². The number of nitrogens with one attached hydrogen (secondary N) is 1. The molecule has 8 heteroatoms. The Kier molecular flexibility index (Phi) is 5.08. The number of halogens is 3. The Labute approximate surface area is 165 Å². The van der Waals surface area contributed by atoms with E-state index in [4.69, 9.17) is 0 Å². The minimum absolute atomic E-state index is 0.0386. The van der Waals surface area contributed by atoms with Gasteiger partial charge in [-0.05, 0) is 55.2 Å². The summed E-state index contributed by atoms with van der Waals surface area (Å²) in [6.45, 7) is 0.481. The molecule has 0 aliphatic carbocycles. The van der Waals surface area contributed by atoms with Gasteiger partial charge in [0, 0.05) is 30.1 Å². The monoisotopic (exact) mass is 400 g/mol. The van der Waals surface area contributed by atoms with Crippen molar-refractivity contribution >= 4 is 5.91 Å². The van der Waals surface area contributed by atoms with E-state index in [-0.39, 0.29) is 11.6 Å². The lowest BCUT2D eigenvalue weighted by atomic mass is 9.94. The first-order valence-electron chi connectivity index (χ1n) is 9.37. The molecule has 0 saturated carbocycles. The van der Waals surface area contributed by atoms with Gasteiger partial charge in [-0.3, -0.25) is 14.9 Å². The molecule has 0 bridgehead atoms.